The van der Waals surface area contributed by atoms with Crippen molar-refractivity contribution >= 4 is 40.1 Å². The van der Waals surface area contributed by atoms with Gasteiger partial charge in [0.15, 0.2) is 0 Å². The highest BCUT2D eigenvalue weighted by molar-refractivity contribution is 6.33. The first-order valence-electron chi connectivity index (χ1n) is 9.90. The van der Waals surface area contributed by atoms with Gasteiger partial charge in [-0.2, -0.15) is 4.98 Å². The number of aryl methyl sites for hydroxylation is 4. The second-order valence-electron chi connectivity index (χ2n) is 7.79. The number of rotatable bonds is 3. The normalized spacial score (nSPS) is 15.1. The van der Waals surface area contributed by atoms with Crippen LogP contribution in [-0.4, -0.2) is 29.0 Å². The van der Waals surface area contributed by atoms with Crippen LogP contribution >= 0.6 is 11.6 Å². The van der Waals surface area contributed by atoms with E-state index in [1.165, 1.54) is 0 Å². The highest BCUT2D eigenvalue weighted by Gasteiger charge is 2.28. The molecule has 0 bridgehead atoms. The predicted octanol–water partition coefficient (Wildman–Crippen LogP) is 4.96. The third kappa shape index (κ3) is 3.81. The Morgan fingerprint density at radius 1 is 1.17 bits per heavy atom. The number of benzene rings is 1. The molecule has 1 N–H and O–H groups in total. The molecule has 3 heterocycles. The minimum absolute atomic E-state index is 0.0229. The molecule has 4 rings (SSSR count). The van der Waals surface area contributed by atoms with Gasteiger partial charge in [-0.25, -0.2) is 4.98 Å². The first-order chi connectivity index (χ1) is 13.8. The minimum Gasteiger partial charge on any atom is -0.443 e. The molecule has 7 heteroatoms. The van der Waals surface area contributed by atoms with Gasteiger partial charge in [0.1, 0.15) is 17.4 Å². The fourth-order valence-electron chi connectivity index (χ4n) is 3.87. The van der Waals surface area contributed by atoms with Crippen LogP contribution in [0.3, 0.4) is 0 Å². The lowest BCUT2D eigenvalue weighted by atomic mass is 9.95. The van der Waals surface area contributed by atoms with E-state index in [4.69, 9.17) is 21.0 Å². The lowest BCUT2D eigenvalue weighted by molar-refractivity contribution is -0.120. The summed E-state index contributed by atoms with van der Waals surface area (Å²) in [6.07, 6.45) is 1.52. The van der Waals surface area contributed by atoms with Crippen molar-refractivity contribution < 1.29 is 9.21 Å². The summed E-state index contributed by atoms with van der Waals surface area (Å²) in [4.78, 5) is 24.1. The largest absolute Gasteiger partial charge is 0.443 e. The quantitative estimate of drug-likeness (QED) is 0.657. The maximum Gasteiger partial charge on any atom is 0.231 e. The standard InChI is InChI=1S/C22H25ClN4O2/c1-12-5-6-18(17(23)11-12)26-21(28)16-7-9-27(10-8-16)20-19-13(2)14(3)29-22(19)25-15(4)24-20/h5-6,11,16H,7-10H2,1-4H3,(H,26,28). The molecule has 2 aromatic heterocycles. The molecule has 0 unspecified atom stereocenters. The number of halogens is 1. The second-order valence-corrected chi connectivity index (χ2v) is 8.20. The van der Waals surface area contributed by atoms with Crippen LogP contribution in [-0.2, 0) is 4.79 Å². The van der Waals surface area contributed by atoms with Gasteiger partial charge < -0.3 is 14.6 Å². The van der Waals surface area contributed by atoms with Gasteiger partial charge >= 0.3 is 0 Å². The Kier molecular flexibility index (Phi) is 5.21. The van der Waals surface area contributed by atoms with Crippen LogP contribution < -0.4 is 10.2 Å². The average Bonchev–Trinajstić information content (AvgIpc) is 2.97. The minimum atomic E-state index is -0.0470. The summed E-state index contributed by atoms with van der Waals surface area (Å²) in [5.41, 5.74) is 3.44. The molecule has 1 saturated heterocycles. The SMILES string of the molecule is Cc1ccc(NC(=O)C2CCN(c3nc(C)nc4oc(C)c(C)c34)CC2)c(Cl)c1. The summed E-state index contributed by atoms with van der Waals surface area (Å²) < 4.78 is 5.80. The highest BCUT2D eigenvalue weighted by atomic mass is 35.5. The molecule has 1 aliphatic heterocycles. The van der Waals surface area contributed by atoms with Gasteiger partial charge in [0.25, 0.3) is 0 Å². The van der Waals surface area contributed by atoms with Crippen molar-refractivity contribution in [3.63, 3.8) is 0 Å². The number of amides is 1. The average molecular weight is 413 g/mol. The van der Waals surface area contributed by atoms with Gasteiger partial charge in [-0.15, -0.1) is 0 Å². The number of carbonyl (C=O) groups is 1. The second kappa shape index (κ2) is 7.67. The van der Waals surface area contributed by atoms with Crippen molar-refractivity contribution in [1.82, 2.24) is 9.97 Å². The van der Waals surface area contributed by atoms with Gasteiger partial charge in [0.2, 0.25) is 11.6 Å². The van der Waals surface area contributed by atoms with Gasteiger partial charge in [0.05, 0.1) is 16.1 Å². The van der Waals surface area contributed by atoms with Gasteiger partial charge in [-0.1, -0.05) is 17.7 Å². The first-order valence-corrected chi connectivity index (χ1v) is 10.3. The Morgan fingerprint density at radius 3 is 2.59 bits per heavy atom. The van der Waals surface area contributed by atoms with Crippen LogP contribution in [0.15, 0.2) is 22.6 Å². The maximum atomic E-state index is 12.7. The smallest absolute Gasteiger partial charge is 0.231 e. The van der Waals surface area contributed by atoms with E-state index in [1.807, 2.05) is 45.9 Å². The molecule has 0 spiro atoms. The van der Waals surface area contributed by atoms with Crippen molar-refractivity contribution in [2.24, 2.45) is 5.92 Å². The summed E-state index contributed by atoms with van der Waals surface area (Å²) in [6, 6.07) is 5.66. The fourth-order valence-corrected chi connectivity index (χ4v) is 4.15. The number of hydrogen-bond donors (Lipinski definition) is 1. The monoisotopic (exact) mass is 412 g/mol. The topological polar surface area (TPSA) is 71.3 Å². The predicted molar refractivity (Wildman–Crippen MR) is 116 cm³/mol. The van der Waals surface area contributed by atoms with E-state index in [0.717, 1.165) is 54.0 Å². The molecule has 0 radical (unpaired) electrons. The molecule has 3 aromatic rings. The molecule has 1 amide bonds. The van der Waals surface area contributed by atoms with E-state index < -0.39 is 0 Å². The van der Waals surface area contributed by atoms with Crippen molar-refractivity contribution in [2.45, 2.75) is 40.5 Å². The Balaban J connectivity index is 1.48. The number of aromatic nitrogens is 2. The van der Waals surface area contributed by atoms with Crippen molar-refractivity contribution in [2.75, 3.05) is 23.3 Å². The van der Waals surface area contributed by atoms with Crippen LogP contribution in [0, 0.1) is 33.6 Å². The molecular formula is C22H25ClN4O2. The number of nitrogens with zero attached hydrogens (tertiary/aromatic N) is 3. The van der Waals surface area contributed by atoms with Crippen LogP contribution in [0.1, 0.15) is 35.6 Å². The maximum absolute atomic E-state index is 12.7. The van der Waals surface area contributed by atoms with Crippen LogP contribution in [0.4, 0.5) is 11.5 Å². The van der Waals surface area contributed by atoms with Gasteiger partial charge in [-0.3, -0.25) is 4.79 Å². The summed E-state index contributed by atoms with van der Waals surface area (Å²) in [5.74, 6) is 2.44. The number of nitrogens with one attached hydrogen (secondary N) is 1. The summed E-state index contributed by atoms with van der Waals surface area (Å²) in [6.45, 7) is 9.35. The van der Waals surface area contributed by atoms with Crippen LogP contribution in [0.5, 0.6) is 0 Å². The van der Waals surface area contributed by atoms with Gasteiger partial charge in [0, 0.05) is 24.6 Å². The molecule has 1 aromatic carbocycles. The number of fused-ring (bicyclic) bond motifs is 1. The lowest BCUT2D eigenvalue weighted by Crippen LogP contribution is -2.38. The Morgan fingerprint density at radius 2 is 1.90 bits per heavy atom. The van der Waals surface area contributed by atoms with Gasteiger partial charge in [-0.05, 0) is 58.2 Å². The molecule has 0 saturated carbocycles. The molecule has 6 nitrogen and oxygen atoms in total. The zero-order valence-corrected chi connectivity index (χ0v) is 17.9. The third-order valence-electron chi connectivity index (χ3n) is 5.67. The van der Waals surface area contributed by atoms with E-state index >= 15 is 0 Å². The molecular weight excluding hydrogens is 388 g/mol. The number of hydrogen-bond acceptors (Lipinski definition) is 5. The number of furan rings is 1. The van der Waals surface area contributed by atoms with E-state index in [1.54, 1.807) is 0 Å². The Labute approximate surface area is 175 Å². The first kappa shape index (κ1) is 19.7. The number of piperidine rings is 1. The summed E-state index contributed by atoms with van der Waals surface area (Å²) >= 11 is 6.26. The van der Waals surface area contributed by atoms with Crippen molar-refractivity contribution in [1.29, 1.82) is 0 Å². The van der Waals surface area contributed by atoms with E-state index in [9.17, 15) is 4.79 Å². The molecule has 152 valence electrons. The van der Waals surface area contributed by atoms with E-state index in [0.29, 0.717) is 22.2 Å². The van der Waals surface area contributed by atoms with Crippen LogP contribution in [0.2, 0.25) is 5.02 Å². The van der Waals surface area contributed by atoms with E-state index in [-0.39, 0.29) is 11.8 Å². The van der Waals surface area contributed by atoms with Crippen molar-refractivity contribution in [3.8, 4) is 0 Å². The molecule has 0 atom stereocenters. The number of carbonyl (C=O) groups excluding carboxylic acids is 1. The van der Waals surface area contributed by atoms with Crippen molar-refractivity contribution in [3.05, 3.63) is 45.9 Å². The molecule has 29 heavy (non-hydrogen) atoms. The Hall–Kier alpha value is -2.60. The third-order valence-corrected chi connectivity index (χ3v) is 5.98. The lowest BCUT2D eigenvalue weighted by Gasteiger charge is -2.32. The summed E-state index contributed by atoms with van der Waals surface area (Å²) in [7, 11) is 0. The highest BCUT2D eigenvalue weighted by Crippen LogP contribution is 2.33. The Bertz CT molecular complexity index is 1080. The summed E-state index contributed by atoms with van der Waals surface area (Å²) in [5, 5.41) is 4.53. The fraction of sp³-hybridized carbons (Fsp3) is 0.409. The van der Waals surface area contributed by atoms with E-state index in [2.05, 4.69) is 15.2 Å². The molecule has 1 fully saturated rings. The zero-order chi connectivity index (χ0) is 20.7. The zero-order valence-electron chi connectivity index (χ0n) is 17.2. The number of anilines is 2. The van der Waals surface area contributed by atoms with Crippen LogP contribution in [0.25, 0.3) is 11.1 Å². The molecule has 1 aliphatic rings. The molecule has 0 aliphatic carbocycles.